The van der Waals surface area contributed by atoms with Crippen molar-refractivity contribution in [3.63, 3.8) is 0 Å². The molecular formula is C15H26F3N3O. The molecule has 7 heteroatoms. The standard InChI is InChI=1S/C15H26F3N3O/c1-14(2)5-3-6-19-12(14)13(22)20-8-11-4-7-21(9-11)10-15(16,17)18/h11-12,19H,3-10H2,1-2H3,(H,20,22). The van der Waals surface area contributed by atoms with Crippen LogP contribution in [0.3, 0.4) is 0 Å². The third-order valence-corrected chi connectivity index (χ3v) is 4.73. The number of alkyl halides is 3. The number of likely N-dealkylation sites (tertiary alicyclic amines) is 1. The van der Waals surface area contributed by atoms with Crippen LogP contribution in [0.2, 0.25) is 0 Å². The first-order chi connectivity index (χ1) is 10.2. The zero-order valence-electron chi connectivity index (χ0n) is 13.3. The molecule has 2 aliphatic heterocycles. The maximum absolute atomic E-state index is 12.4. The molecule has 0 saturated carbocycles. The molecule has 4 nitrogen and oxygen atoms in total. The van der Waals surface area contributed by atoms with Crippen LogP contribution in [0.4, 0.5) is 13.2 Å². The topological polar surface area (TPSA) is 44.4 Å². The van der Waals surface area contributed by atoms with Gasteiger partial charge in [0.05, 0.1) is 12.6 Å². The number of hydrogen-bond donors (Lipinski definition) is 2. The summed E-state index contributed by atoms with van der Waals surface area (Å²) in [5, 5.41) is 6.18. The van der Waals surface area contributed by atoms with Gasteiger partial charge in [-0.2, -0.15) is 13.2 Å². The Morgan fingerprint density at radius 1 is 1.41 bits per heavy atom. The molecule has 0 aliphatic carbocycles. The number of carbonyl (C=O) groups is 1. The molecule has 2 fully saturated rings. The lowest BCUT2D eigenvalue weighted by Crippen LogP contribution is -2.56. The molecule has 22 heavy (non-hydrogen) atoms. The fourth-order valence-corrected chi connectivity index (χ4v) is 3.48. The van der Waals surface area contributed by atoms with Crippen molar-refractivity contribution in [2.24, 2.45) is 11.3 Å². The minimum Gasteiger partial charge on any atom is -0.354 e. The monoisotopic (exact) mass is 321 g/mol. The van der Waals surface area contributed by atoms with Crippen LogP contribution in [0.15, 0.2) is 0 Å². The van der Waals surface area contributed by atoms with Gasteiger partial charge < -0.3 is 10.6 Å². The second-order valence-electron chi connectivity index (χ2n) is 7.23. The Kier molecular flexibility index (Phi) is 5.37. The maximum atomic E-state index is 12.4. The van der Waals surface area contributed by atoms with Crippen LogP contribution in [-0.4, -0.2) is 55.7 Å². The molecule has 0 aromatic heterocycles. The molecule has 0 bridgehead atoms. The highest BCUT2D eigenvalue weighted by molar-refractivity contribution is 5.82. The molecule has 2 aliphatic rings. The Bertz CT molecular complexity index is 398. The van der Waals surface area contributed by atoms with E-state index in [4.69, 9.17) is 0 Å². The molecule has 2 heterocycles. The number of rotatable bonds is 4. The van der Waals surface area contributed by atoms with E-state index >= 15 is 0 Å². The molecule has 0 spiro atoms. The number of amides is 1. The van der Waals surface area contributed by atoms with Gasteiger partial charge in [-0.15, -0.1) is 0 Å². The number of halogens is 3. The maximum Gasteiger partial charge on any atom is 0.401 e. The van der Waals surface area contributed by atoms with Gasteiger partial charge in [0.15, 0.2) is 0 Å². The fourth-order valence-electron chi connectivity index (χ4n) is 3.48. The molecule has 2 unspecified atom stereocenters. The molecule has 2 N–H and O–H groups in total. The third-order valence-electron chi connectivity index (χ3n) is 4.73. The van der Waals surface area contributed by atoms with Crippen molar-refractivity contribution in [1.82, 2.24) is 15.5 Å². The van der Waals surface area contributed by atoms with Gasteiger partial charge in [-0.25, -0.2) is 0 Å². The van der Waals surface area contributed by atoms with E-state index < -0.39 is 12.7 Å². The SMILES string of the molecule is CC1(C)CCCNC1C(=O)NCC1CCN(CC(F)(F)F)C1. The smallest absolute Gasteiger partial charge is 0.354 e. The van der Waals surface area contributed by atoms with E-state index in [0.717, 1.165) is 19.4 Å². The molecule has 2 rings (SSSR count). The zero-order chi connectivity index (χ0) is 16.4. The summed E-state index contributed by atoms with van der Waals surface area (Å²) in [4.78, 5) is 13.7. The van der Waals surface area contributed by atoms with E-state index in [0.29, 0.717) is 26.1 Å². The number of carbonyl (C=O) groups excluding carboxylic acids is 1. The van der Waals surface area contributed by atoms with Gasteiger partial charge in [-0.1, -0.05) is 13.8 Å². The highest BCUT2D eigenvalue weighted by Gasteiger charge is 2.38. The van der Waals surface area contributed by atoms with Crippen LogP contribution in [0, 0.1) is 11.3 Å². The average Bonchev–Trinajstić information content (AvgIpc) is 2.80. The van der Waals surface area contributed by atoms with Crippen LogP contribution in [0.5, 0.6) is 0 Å². The summed E-state index contributed by atoms with van der Waals surface area (Å²) < 4.78 is 37.1. The van der Waals surface area contributed by atoms with Crippen molar-refractivity contribution in [2.45, 2.75) is 45.3 Å². The second kappa shape index (κ2) is 6.74. The first kappa shape index (κ1) is 17.5. The number of nitrogens with zero attached hydrogens (tertiary/aromatic N) is 1. The van der Waals surface area contributed by atoms with Crippen LogP contribution >= 0.6 is 0 Å². The van der Waals surface area contributed by atoms with Gasteiger partial charge in [-0.3, -0.25) is 9.69 Å². The first-order valence-electron chi connectivity index (χ1n) is 7.97. The van der Waals surface area contributed by atoms with Crippen LogP contribution in [0.25, 0.3) is 0 Å². The van der Waals surface area contributed by atoms with Gasteiger partial charge in [0.2, 0.25) is 5.91 Å². The summed E-state index contributed by atoms with van der Waals surface area (Å²) in [6.45, 7) is 5.45. The van der Waals surface area contributed by atoms with Crippen molar-refractivity contribution in [3.05, 3.63) is 0 Å². The Labute approximate surface area is 129 Å². The van der Waals surface area contributed by atoms with E-state index in [-0.39, 0.29) is 23.3 Å². The van der Waals surface area contributed by atoms with Crippen LogP contribution < -0.4 is 10.6 Å². The van der Waals surface area contributed by atoms with Crippen LogP contribution in [0.1, 0.15) is 33.1 Å². The van der Waals surface area contributed by atoms with Gasteiger partial charge in [-0.05, 0) is 43.7 Å². The van der Waals surface area contributed by atoms with Crippen LogP contribution in [-0.2, 0) is 4.79 Å². The molecule has 0 aromatic rings. The van der Waals surface area contributed by atoms with E-state index in [2.05, 4.69) is 24.5 Å². The Morgan fingerprint density at radius 2 is 2.14 bits per heavy atom. The molecule has 2 atom stereocenters. The summed E-state index contributed by atoms with van der Waals surface area (Å²) >= 11 is 0. The normalized spacial score (nSPS) is 29.5. The zero-order valence-corrected chi connectivity index (χ0v) is 13.3. The van der Waals surface area contributed by atoms with Crippen molar-refractivity contribution in [1.29, 1.82) is 0 Å². The lowest BCUT2D eigenvalue weighted by molar-refractivity contribution is -0.143. The van der Waals surface area contributed by atoms with E-state index in [1.165, 1.54) is 4.90 Å². The lowest BCUT2D eigenvalue weighted by atomic mass is 9.77. The number of nitrogens with one attached hydrogen (secondary N) is 2. The third kappa shape index (κ3) is 4.84. The average molecular weight is 321 g/mol. The summed E-state index contributed by atoms with van der Waals surface area (Å²) in [6, 6.07) is -0.214. The van der Waals surface area contributed by atoms with Crippen molar-refractivity contribution in [3.8, 4) is 0 Å². The molecule has 128 valence electrons. The van der Waals surface area contributed by atoms with E-state index in [9.17, 15) is 18.0 Å². The predicted molar refractivity (Wildman–Crippen MR) is 78.4 cm³/mol. The molecular weight excluding hydrogens is 295 g/mol. The number of piperidine rings is 1. The quantitative estimate of drug-likeness (QED) is 0.829. The van der Waals surface area contributed by atoms with Gasteiger partial charge in [0.25, 0.3) is 0 Å². The fraction of sp³-hybridized carbons (Fsp3) is 0.933. The predicted octanol–water partition coefficient (Wildman–Crippen LogP) is 1.76. The van der Waals surface area contributed by atoms with Gasteiger partial charge in [0, 0.05) is 13.1 Å². The summed E-state index contributed by atoms with van der Waals surface area (Å²) in [7, 11) is 0. The minimum absolute atomic E-state index is 0.0287. The van der Waals surface area contributed by atoms with Crippen molar-refractivity contribution < 1.29 is 18.0 Å². The van der Waals surface area contributed by atoms with Crippen molar-refractivity contribution in [2.75, 3.05) is 32.7 Å². The summed E-state index contributed by atoms with van der Waals surface area (Å²) in [5.41, 5.74) is -0.0830. The highest BCUT2D eigenvalue weighted by Crippen LogP contribution is 2.30. The largest absolute Gasteiger partial charge is 0.401 e. The Hall–Kier alpha value is -0.820. The molecule has 0 radical (unpaired) electrons. The Balaban J connectivity index is 1.75. The molecule has 0 aromatic carbocycles. The Morgan fingerprint density at radius 3 is 2.77 bits per heavy atom. The summed E-state index contributed by atoms with van der Waals surface area (Å²) in [5.74, 6) is 0.0805. The molecule has 1 amide bonds. The summed E-state index contributed by atoms with van der Waals surface area (Å²) in [6.07, 6.45) is -1.38. The van der Waals surface area contributed by atoms with E-state index in [1.54, 1.807) is 0 Å². The molecule has 2 saturated heterocycles. The van der Waals surface area contributed by atoms with E-state index in [1.807, 2.05) is 0 Å². The van der Waals surface area contributed by atoms with Crippen molar-refractivity contribution >= 4 is 5.91 Å². The lowest BCUT2D eigenvalue weighted by Gasteiger charge is -2.38. The van der Waals surface area contributed by atoms with Gasteiger partial charge in [0.1, 0.15) is 0 Å². The van der Waals surface area contributed by atoms with Gasteiger partial charge >= 0.3 is 6.18 Å². The minimum atomic E-state index is -4.14. The number of hydrogen-bond acceptors (Lipinski definition) is 3. The second-order valence-corrected chi connectivity index (χ2v) is 7.23. The highest BCUT2D eigenvalue weighted by atomic mass is 19.4. The first-order valence-corrected chi connectivity index (χ1v) is 7.97.